The van der Waals surface area contributed by atoms with Crippen molar-refractivity contribution in [3.63, 3.8) is 0 Å². The molecule has 3 rings (SSSR count). The lowest BCUT2D eigenvalue weighted by molar-refractivity contribution is -0.00941. The van der Waals surface area contributed by atoms with Gasteiger partial charge in [-0.15, -0.1) is 0 Å². The molecule has 7 nitrogen and oxygen atoms in total. The summed E-state index contributed by atoms with van der Waals surface area (Å²) in [4.78, 5) is 27.5. The van der Waals surface area contributed by atoms with E-state index in [9.17, 15) is 14.7 Å². The first-order valence-electron chi connectivity index (χ1n) is 6.56. The molecule has 19 heavy (non-hydrogen) atoms. The van der Waals surface area contributed by atoms with Gasteiger partial charge in [-0.3, -0.25) is 14.3 Å². The van der Waals surface area contributed by atoms with Gasteiger partial charge >= 0.3 is 5.69 Å². The van der Waals surface area contributed by atoms with Gasteiger partial charge in [-0.25, -0.2) is 4.79 Å². The molecule has 2 fully saturated rings. The zero-order valence-corrected chi connectivity index (χ0v) is 10.8. The van der Waals surface area contributed by atoms with Crippen molar-refractivity contribution in [1.29, 1.82) is 0 Å². The molecule has 1 saturated heterocycles. The minimum Gasteiger partial charge on any atom is -0.386 e. The number of anilines is 2. The van der Waals surface area contributed by atoms with Crippen molar-refractivity contribution >= 4 is 11.5 Å². The normalized spacial score (nSPS) is 21.3. The van der Waals surface area contributed by atoms with E-state index >= 15 is 0 Å². The third-order valence-electron chi connectivity index (χ3n) is 4.11. The molecule has 0 aromatic carbocycles. The molecule has 1 saturated carbocycles. The smallest absolute Gasteiger partial charge is 0.330 e. The van der Waals surface area contributed by atoms with E-state index in [1.165, 1.54) is 4.57 Å². The van der Waals surface area contributed by atoms with Crippen molar-refractivity contribution in [2.45, 2.75) is 31.9 Å². The number of nitrogens with zero attached hydrogens (tertiary/aromatic N) is 2. The van der Waals surface area contributed by atoms with Gasteiger partial charge in [0.25, 0.3) is 5.56 Å². The number of nitrogen functional groups attached to an aromatic ring is 1. The average Bonchev–Trinajstić information content (AvgIpc) is 3.10. The Morgan fingerprint density at radius 1 is 1.42 bits per heavy atom. The van der Waals surface area contributed by atoms with Crippen molar-refractivity contribution in [3.8, 4) is 0 Å². The quantitative estimate of drug-likeness (QED) is 0.657. The number of hydrogen-bond donors (Lipinski definition) is 3. The third kappa shape index (κ3) is 1.76. The molecule has 4 N–H and O–H groups in total. The highest BCUT2D eigenvalue weighted by Gasteiger charge is 2.52. The number of nitrogens with two attached hydrogens (primary N) is 1. The SMILES string of the molecule is CCn1c(N)c(N2CC(O)(C3CC3)C2)c(=O)[nH]c1=O. The number of hydrogen-bond acceptors (Lipinski definition) is 5. The van der Waals surface area contributed by atoms with Crippen LogP contribution in [0.4, 0.5) is 11.5 Å². The van der Waals surface area contributed by atoms with Gasteiger partial charge in [-0.2, -0.15) is 0 Å². The largest absolute Gasteiger partial charge is 0.386 e. The second-order valence-electron chi connectivity index (χ2n) is 5.47. The topological polar surface area (TPSA) is 104 Å². The van der Waals surface area contributed by atoms with E-state index in [2.05, 4.69) is 4.98 Å². The molecule has 0 atom stereocenters. The molecule has 0 bridgehead atoms. The van der Waals surface area contributed by atoms with Crippen LogP contribution in [0.25, 0.3) is 0 Å². The number of β-amino-alcohol motifs (C(OH)–C–C–N with tert-alkyl or cyclic N) is 1. The lowest BCUT2D eigenvalue weighted by atomic mass is 9.88. The highest BCUT2D eigenvalue weighted by molar-refractivity contribution is 5.64. The van der Waals surface area contributed by atoms with Crippen molar-refractivity contribution in [3.05, 3.63) is 20.8 Å². The maximum absolute atomic E-state index is 11.9. The third-order valence-corrected chi connectivity index (χ3v) is 4.11. The zero-order chi connectivity index (χ0) is 13.8. The predicted molar refractivity (Wildman–Crippen MR) is 71.3 cm³/mol. The monoisotopic (exact) mass is 266 g/mol. The van der Waals surface area contributed by atoms with Gasteiger partial charge in [-0.05, 0) is 25.7 Å². The second kappa shape index (κ2) is 3.86. The predicted octanol–water partition coefficient (Wildman–Crippen LogP) is -0.900. The van der Waals surface area contributed by atoms with E-state index in [0.717, 1.165) is 12.8 Å². The van der Waals surface area contributed by atoms with E-state index < -0.39 is 16.9 Å². The molecule has 1 aromatic rings. The molecule has 0 spiro atoms. The van der Waals surface area contributed by atoms with Crippen LogP contribution in [-0.2, 0) is 6.54 Å². The Morgan fingerprint density at radius 3 is 2.58 bits per heavy atom. The summed E-state index contributed by atoms with van der Waals surface area (Å²) in [6, 6.07) is 0. The Bertz CT molecular complexity index is 623. The standard InChI is InChI=1S/C12H18N4O3/c1-2-16-9(13)8(10(17)14-11(16)18)15-5-12(19,6-15)7-3-4-7/h7,19H,2-6,13H2,1H3,(H,14,17,18). The van der Waals surface area contributed by atoms with E-state index in [1.807, 2.05) is 0 Å². The Kier molecular flexibility index (Phi) is 2.50. The molecular formula is C12H18N4O3. The second-order valence-corrected chi connectivity index (χ2v) is 5.47. The van der Waals surface area contributed by atoms with Crippen LogP contribution in [0.5, 0.6) is 0 Å². The van der Waals surface area contributed by atoms with Crippen LogP contribution >= 0.6 is 0 Å². The highest BCUT2D eigenvalue weighted by Crippen LogP contribution is 2.45. The van der Waals surface area contributed by atoms with Gasteiger partial charge in [-0.1, -0.05) is 0 Å². The summed E-state index contributed by atoms with van der Waals surface area (Å²) in [5.41, 5.74) is 4.54. The van der Waals surface area contributed by atoms with Crippen LogP contribution in [-0.4, -0.2) is 33.3 Å². The molecule has 0 unspecified atom stereocenters. The summed E-state index contributed by atoms with van der Waals surface area (Å²) in [5.74, 6) is 0.523. The first kappa shape index (κ1) is 12.3. The molecule has 1 aliphatic carbocycles. The molecule has 2 aliphatic rings. The van der Waals surface area contributed by atoms with E-state index in [-0.39, 0.29) is 5.82 Å². The summed E-state index contributed by atoms with van der Waals surface area (Å²) >= 11 is 0. The molecule has 7 heteroatoms. The van der Waals surface area contributed by atoms with Crippen LogP contribution in [0.2, 0.25) is 0 Å². The van der Waals surface area contributed by atoms with E-state index in [1.54, 1.807) is 11.8 Å². The van der Waals surface area contributed by atoms with Crippen LogP contribution in [0.15, 0.2) is 9.59 Å². The van der Waals surface area contributed by atoms with Crippen LogP contribution in [0.1, 0.15) is 19.8 Å². The van der Waals surface area contributed by atoms with Gasteiger partial charge < -0.3 is 15.7 Å². The van der Waals surface area contributed by atoms with E-state index in [4.69, 9.17) is 5.73 Å². The number of aromatic nitrogens is 2. The Morgan fingerprint density at radius 2 is 2.05 bits per heavy atom. The number of rotatable bonds is 3. The number of H-pyrrole nitrogens is 1. The Labute approximate surface area is 109 Å². The number of aromatic amines is 1. The molecule has 104 valence electrons. The van der Waals surface area contributed by atoms with Crippen LogP contribution < -0.4 is 21.9 Å². The molecule has 1 aromatic heterocycles. The maximum atomic E-state index is 11.9. The van der Waals surface area contributed by atoms with Gasteiger partial charge in [0.2, 0.25) is 0 Å². The van der Waals surface area contributed by atoms with Gasteiger partial charge in [0.15, 0.2) is 0 Å². The van der Waals surface area contributed by atoms with Gasteiger partial charge in [0.1, 0.15) is 17.1 Å². The summed E-state index contributed by atoms with van der Waals surface area (Å²) in [5, 5.41) is 10.3. The van der Waals surface area contributed by atoms with Gasteiger partial charge in [0.05, 0.1) is 0 Å². The first-order chi connectivity index (χ1) is 8.96. The number of nitrogens with one attached hydrogen (secondary N) is 1. The summed E-state index contributed by atoms with van der Waals surface area (Å²) < 4.78 is 1.32. The zero-order valence-electron chi connectivity index (χ0n) is 10.8. The van der Waals surface area contributed by atoms with E-state index in [0.29, 0.717) is 31.2 Å². The van der Waals surface area contributed by atoms with Crippen LogP contribution in [0.3, 0.4) is 0 Å². The van der Waals surface area contributed by atoms with Crippen molar-refractivity contribution in [2.75, 3.05) is 23.7 Å². The lowest BCUT2D eigenvalue weighted by Gasteiger charge is -2.48. The highest BCUT2D eigenvalue weighted by atomic mass is 16.3. The fourth-order valence-corrected chi connectivity index (χ4v) is 2.85. The van der Waals surface area contributed by atoms with Crippen LogP contribution in [0, 0.1) is 5.92 Å². The number of aliphatic hydroxyl groups is 1. The molecule has 0 radical (unpaired) electrons. The Hall–Kier alpha value is -1.76. The minimum atomic E-state index is -0.688. The average molecular weight is 266 g/mol. The fraction of sp³-hybridized carbons (Fsp3) is 0.667. The first-order valence-corrected chi connectivity index (χ1v) is 6.56. The fourth-order valence-electron chi connectivity index (χ4n) is 2.85. The minimum absolute atomic E-state index is 0.175. The molecular weight excluding hydrogens is 248 g/mol. The summed E-state index contributed by atoms with van der Waals surface area (Å²) in [6.45, 7) is 3.01. The molecule has 0 amide bonds. The Balaban J connectivity index is 1.94. The molecule has 1 aliphatic heterocycles. The summed E-state index contributed by atoms with van der Waals surface area (Å²) in [7, 11) is 0. The maximum Gasteiger partial charge on any atom is 0.330 e. The van der Waals surface area contributed by atoms with Crippen molar-refractivity contribution in [1.82, 2.24) is 9.55 Å². The lowest BCUT2D eigenvalue weighted by Crippen LogP contribution is -2.64. The van der Waals surface area contributed by atoms with Crippen molar-refractivity contribution < 1.29 is 5.11 Å². The van der Waals surface area contributed by atoms with Crippen molar-refractivity contribution in [2.24, 2.45) is 5.92 Å². The molecule has 2 heterocycles. The van der Waals surface area contributed by atoms with Gasteiger partial charge in [0, 0.05) is 19.6 Å². The summed E-state index contributed by atoms with van der Waals surface area (Å²) in [6.07, 6.45) is 2.09.